The Kier molecular flexibility index (Phi) is 5.28. The summed E-state index contributed by atoms with van der Waals surface area (Å²) >= 11 is 0. The van der Waals surface area contributed by atoms with Gasteiger partial charge in [-0.3, -0.25) is 14.4 Å². The van der Waals surface area contributed by atoms with Crippen LogP contribution in [-0.4, -0.2) is 46.8 Å². The molecule has 2 fully saturated rings. The molecule has 0 bridgehead atoms. The maximum Gasteiger partial charge on any atom is 0.338 e. The Hall–Kier alpha value is -2.70. The molecule has 3 amide bonds. The SMILES string of the molecule is CCOC(=O)c1ccc(N2C(=O)CC(N(C(=O)C3CC3)C(C)(C)C)C2=O)cc1. The van der Waals surface area contributed by atoms with Gasteiger partial charge in [0, 0.05) is 11.5 Å². The molecular formula is C21H26N2O5. The molecule has 7 heteroatoms. The monoisotopic (exact) mass is 386 g/mol. The summed E-state index contributed by atoms with van der Waals surface area (Å²) in [4.78, 5) is 53.0. The minimum absolute atomic E-state index is 0.0335. The number of amides is 3. The summed E-state index contributed by atoms with van der Waals surface area (Å²) in [6.07, 6.45) is 1.63. The van der Waals surface area contributed by atoms with E-state index < -0.39 is 23.5 Å². The first-order valence-electron chi connectivity index (χ1n) is 9.62. The summed E-state index contributed by atoms with van der Waals surface area (Å²) in [5, 5.41) is 0. The van der Waals surface area contributed by atoms with E-state index in [-0.39, 0.29) is 30.8 Å². The van der Waals surface area contributed by atoms with Crippen molar-refractivity contribution in [2.45, 2.75) is 58.5 Å². The van der Waals surface area contributed by atoms with Crippen molar-refractivity contribution in [1.29, 1.82) is 0 Å². The van der Waals surface area contributed by atoms with Crippen molar-refractivity contribution in [1.82, 2.24) is 4.90 Å². The molecule has 1 unspecified atom stereocenters. The fraction of sp³-hybridized carbons (Fsp3) is 0.524. The number of rotatable bonds is 5. The van der Waals surface area contributed by atoms with E-state index in [9.17, 15) is 19.2 Å². The van der Waals surface area contributed by atoms with Crippen LogP contribution in [0.2, 0.25) is 0 Å². The lowest BCUT2D eigenvalue weighted by atomic mass is 10.0. The van der Waals surface area contributed by atoms with E-state index in [0.29, 0.717) is 11.3 Å². The molecule has 0 radical (unpaired) electrons. The van der Waals surface area contributed by atoms with Gasteiger partial charge in [0.05, 0.1) is 24.3 Å². The van der Waals surface area contributed by atoms with Gasteiger partial charge in [-0.05, 0) is 64.8 Å². The highest BCUT2D eigenvalue weighted by atomic mass is 16.5. The number of benzene rings is 1. The summed E-state index contributed by atoms with van der Waals surface area (Å²) in [6, 6.07) is 5.35. The minimum Gasteiger partial charge on any atom is -0.462 e. The number of carbonyl (C=O) groups excluding carboxylic acids is 4. The smallest absolute Gasteiger partial charge is 0.338 e. The Morgan fingerprint density at radius 1 is 1.14 bits per heavy atom. The number of carbonyl (C=O) groups is 4. The molecule has 1 heterocycles. The predicted molar refractivity (Wildman–Crippen MR) is 103 cm³/mol. The van der Waals surface area contributed by atoms with Gasteiger partial charge in [-0.15, -0.1) is 0 Å². The molecule has 1 saturated carbocycles. The second kappa shape index (κ2) is 7.37. The van der Waals surface area contributed by atoms with Crippen molar-refractivity contribution in [3.05, 3.63) is 29.8 Å². The molecule has 150 valence electrons. The highest BCUT2D eigenvalue weighted by Crippen LogP contribution is 2.37. The third-order valence-corrected chi connectivity index (χ3v) is 4.96. The number of nitrogens with zero attached hydrogens (tertiary/aromatic N) is 2. The van der Waals surface area contributed by atoms with Crippen LogP contribution in [0.4, 0.5) is 5.69 Å². The Bertz CT molecular complexity index is 805. The number of hydrogen-bond acceptors (Lipinski definition) is 5. The number of anilines is 1. The van der Waals surface area contributed by atoms with Crippen LogP contribution >= 0.6 is 0 Å². The molecule has 1 atom stereocenters. The molecule has 1 aromatic rings. The lowest BCUT2D eigenvalue weighted by Gasteiger charge is -2.39. The van der Waals surface area contributed by atoms with Crippen LogP contribution in [-0.2, 0) is 19.1 Å². The standard InChI is InChI=1S/C21H26N2O5/c1-5-28-20(27)14-8-10-15(11-9-14)22-17(24)12-16(19(22)26)23(21(2,3)4)18(25)13-6-7-13/h8-11,13,16H,5-7,12H2,1-4H3. The maximum absolute atomic E-state index is 13.1. The van der Waals surface area contributed by atoms with E-state index in [4.69, 9.17) is 4.74 Å². The van der Waals surface area contributed by atoms with Crippen LogP contribution in [0.5, 0.6) is 0 Å². The lowest BCUT2D eigenvalue weighted by Crippen LogP contribution is -2.55. The number of imide groups is 1. The van der Waals surface area contributed by atoms with Gasteiger partial charge in [0.15, 0.2) is 0 Å². The van der Waals surface area contributed by atoms with E-state index in [2.05, 4.69) is 0 Å². The van der Waals surface area contributed by atoms with Crippen LogP contribution in [0.25, 0.3) is 0 Å². The van der Waals surface area contributed by atoms with Gasteiger partial charge >= 0.3 is 5.97 Å². The summed E-state index contributed by atoms with van der Waals surface area (Å²) in [7, 11) is 0. The van der Waals surface area contributed by atoms with E-state index >= 15 is 0 Å². The van der Waals surface area contributed by atoms with Crippen molar-refractivity contribution in [2.24, 2.45) is 5.92 Å². The molecule has 1 aliphatic carbocycles. The van der Waals surface area contributed by atoms with Crippen molar-refractivity contribution in [3.8, 4) is 0 Å². The summed E-state index contributed by atoms with van der Waals surface area (Å²) in [5.41, 5.74) is 0.170. The van der Waals surface area contributed by atoms with Gasteiger partial charge in [0.1, 0.15) is 6.04 Å². The van der Waals surface area contributed by atoms with E-state index in [1.165, 1.54) is 12.1 Å². The third-order valence-electron chi connectivity index (χ3n) is 4.96. The third kappa shape index (κ3) is 3.79. The molecule has 0 aromatic heterocycles. The van der Waals surface area contributed by atoms with E-state index in [1.807, 2.05) is 20.8 Å². The molecule has 28 heavy (non-hydrogen) atoms. The van der Waals surface area contributed by atoms with Gasteiger partial charge in [-0.25, -0.2) is 9.69 Å². The molecule has 2 aliphatic rings. The first kappa shape index (κ1) is 20.0. The van der Waals surface area contributed by atoms with Crippen LogP contribution in [0.15, 0.2) is 24.3 Å². The molecule has 0 N–H and O–H groups in total. The van der Waals surface area contributed by atoms with Crippen LogP contribution in [0.1, 0.15) is 57.3 Å². The zero-order valence-electron chi connectivity index (χ0n) is 16.7. The molecular weight excluding hydrogens is 360 g/mol. The summed E-state index contributed by atoms with van der Waals surface area (Å²) in [5.74, 6) is -1.31. The average Bonchev–Trinajstić information content (AvgIpc) is 3.42. The Morgan fingerprint density at radius 3 is 2.25 bits per heavy atom. The predicted octanol–water partition coefficient (Wildman–Crippen LogP) is 2.53. The van der Waals surface area contributed by atoms with E-state index in [0.717, 1.165) is 17.7 Å². The Balaban J connectivity index is 1.84. The Morgan fingerprint density at radius 2 is 1.75 bits per heavy atom. The fourth-order valence-corrected chi connectivity index (χ4v) is 3.53. The highest BCUT2D eigenvalue weighted by molar-refractivity contribution is 6.23. The zero-order valence-corrected chi connectivity index (χ0v) is 16.7. The number of ether oxygens (including phenoxy) is 1. The zero-order chi connectivity index (χ0) is 20.6. The van der Waals surface area contributed by atoms with Crippen LogP contribution < -0.4 is 4.90 Å². The number of hydrogen-bond donors (Lipinski definition) is 0. The van der Waals surface area contributed by atoms with Crippen molar-refractivity contribution in [3.63, 3.8) is 0 Å². The molecule has 1 saturated heterocycles. The first-order chi connectivity index (χ1) is 13.1. The van der Waals surface area contributed by atoms with Crippen molar-refractivity contribution in [2.75, 3.05) is 11.5 Å². The first-order valence-corrected chi connectivity index (χ1v) is 9.62. The molecule has 0 spiro atoms. The second-order valence-electron chi connectivity index (χ2n) is 8.21. The normalized spacial score (nSPS) is 19.7. The molecule has 1 aromatic carbocycles. The minimum atomic E-state index is -0.801. The lowest BCUT2D eigenvalue weighted by molar-refractivity contribution is -0.145. The summed E-state index contributed by atoms with van der Waals surface area (Å²) in [6.45, 7) is 7.62. The largest absolute Gasteiger partial charge is 0.462 e. The molecule has 3 rings (SSSR count). The fourth-order valence-electron chi connectivity index (χ4n) is 3.53. The maximum atomic E-state index is 13.1. The number of esters is 1. The van der Waals surface area contributed by atoms with E-state index in [1.54, 1.807) is 24.0 Å². The van der Waals surface area contributed by atoms with Crippen LogP contribution in [0, 0.1) is 5.92 Å². The van der Waals surface area contributed by atoms with Gasteiger partial charge < -0.3 is 9.64 Å². The Labute approximate surface area is 164 Å². The van der Waals surface area contributed by atoms with Gasteiger partial charge in [-0.2, -0.15) is 0 Å². The van der Waals surface area contributed by atoms with Crippen molar-refractivity contribution < 1.29 is 23.9 Å². The van der Waals surface area contributed by atoms with Gasteiger partial charge in [0.25, 0.3) is 5.91 Å². The summed E-state index contributed by atoms with van der Waals surface area (Å²) < 4.78 is 4.95. The van der Waals surface area contributed by atoms with Gasteiger partial charge in [-0.1, -0.05) is 0 Å². The second-order valence-corrected chi connectivity index (χ2v) is 8.21. The quantitative estimate of drug-likeness (QED) is 0.574. The molecule has 7 nitrogen and oxygen atoms in total. The molecule has 1 aliphatic heterocycles. The average molecular weight is 386 g/mol. The topological polar surface area (TPSA) is 84.0 Å². The van der Waals surface area contributed by atoms with Gasteiger partial charge in [0.2, 0.25) is 11.8 Å². The highest BCUT2D eigenvalue weighted by Gasteiger charge is 2.50. The van der Waals surface area contributed by atoms with Crippen LogP contribution in [0.3, 0.4) is 0 Å². The van der Waals surface area contributed by atoms with Crippen molar-refractivity contribution >= 4 is 29.4 Å².